The minimum absolute atomic E-state index is 0.0224. The van der Waals surface area contributed by atoms with E-state index in [-0.39, 0.29) is 18.1 Å². The Labute approximate surface area is 105 Å². The number of rotatable bonds is 6. The molecule has 0 aliphatic heterocycles. The highest BCUT2D eigenvalue weighted by molar-refractivity contribution is 5.83. The molecule has 0 radical (unpaired) electrons. The van der Waals surface area contributed by atoms with E-state index in [4.69, 9.17) is 5.11 Å². The number of halogens is 1. The van der Waals surface area contributed by atoms with Gasteiger partial charge in [-0.2, -0.15) is 0 Å². The number of aliphatic carboxylic acids is 1. The molecule has 0 aliphatic rings. The van der Waals surface area contributed by atoms with Crippen molar-refractivity contribution in [2.24, 2.45) is 0 Å². The average molecular weight is 253 g/mol. The van der Waals surface area contributed by atoms with Crippen LogP contribution < -0.4 is 5.32 Å². The molecule has 98 valence electrons. The minimum Gasteiger partial charge on any atom is -0.481 e. The maximum Gasteiger partial charge on any atom is 0.303 e. The second kappa shape index (κ2) is 6.74. The maximum absolute atomic E-state index is 13.0. The van der Waals surface area contributed by atoms with Gasteiger partial charge in [0.25, 0.3) is 0 Å². The van der Waals surface area contributed by atoms with Crippen molar-refractivity contribution in [1.29, 1.82) is 0 Å². The van der Waals surface area contributed by atoms with Gasteiger partial charge in [0.15, 0.2) is 0 Å². The van der Waals surface area contributed by atoms with Gasteiger partial charge in [0.2, 0.25) is 5.91 Å². The standard InChI is InChI=1S/C13H16FNO3/c1-9(10-4-2-5-11(14)8-10)13(18)15-7-3-6-12(16)17/h2,4-5,8-9H,3,6-7H2,1H3,(H,15,18)(H,16,17)/t9-/m1/s1. The minimum atomic E-state index is -0.887. The van der Waals surface area contributed by atoms with Gasteiger partial charge in [-0.05, 0) is 31.0 Å². The number of nitrogens with one attached hydrogen (secondary N) is 1. The average Bonchev–Trinajstić information content (AvgIpc) is 2.33. The Morgan fingerprint density at radius 3 is 2.78 bits per heavy atom. The van der Waals surface area contributed by atoms with Gasteiger partial charge in [0.05, 0.1) is 5.92 Å². The van der Waals surface area contributed by atoms with Crippen LogP contribution in [0.4, 0.5) is 4.39 Å². The van der Waals surface area contributed by atoms with E-state index < -0.39 is 11.9 Å². The van der Waals surface area contributed by atoms with Gasteiger partial charge >= 0.3 is 5.97 Å². The summed E-state index contributed by atoms with van der Waals surface area (Å²) < 4.78 is 13.0. The third-order valence-corrected chi connectivity index (χ3v) is 2.61. The van der Waals surface area contributed by atoms with Crippen LogP contribution in [-0.2, 0) is 9.59 Å². The maximum atomic E-state index is 13.0. The van der Waals surface area contributed by atoms with Gasteiger partial charge in [-0.25, -0.2) is 4.39 Å². The summed E-state index contributed by atoms with van der Waals surface area (Å²) in [5.41, 5.74) is 0.603. The monoisotopic (exact) mass is 253 g/mol. The number of hydrogen-bond acceptors (Lipinski definition) is 2. The first-order valence-electron chi connectivity index (χ1n) is 5.75. The molecule has 18 heavy (non-hydrogen) atoms. The first-order chi connectivity index (χ1) is 8.50. The summed E-state index contributed by atoms with van der Waals surface area (Å²) in [7, 11) is 0. The second-order valence-corrected chi connectivity index (χ2v) is 4.07. The number of benzene rings is 1. The molecule has 2 N–H and O–H groups in total. The first-order valence-corrected chi connectivity index (χ1v) is 5.75. The molecule has 0 unspecified atom stereocenters. The number of hydrogen-bond donors (Lipinski definition) is 2. The summed E-state index contributed by atoms with van der Waals surface area (Å²) in [4.78, 5) is 22.0. The molecule has 1 rings (SSSR count). The van der Waals surface area contributed by atoms with Gasteiger partial charge in [0.1, 0.15) is 5.82 Å². The molecular weight excluding hydrogens is 237 g/mol. The number of amides is 1. The Kier molecular flexibility index (Phi) is 5.30. The van der Waals surface area contributed by atoms with Crippen LogP contribution in [0.2, 0.25) is 0 Å². The van der Waals surface area contributed by atoms with Gasteiger partial charge < -0.3 is 10.4 Å². The van der Waals surface area contributed by atoms with Crippen LogP contribution in [0.5, 0.6) is 0 Å². The van der Waals surface area contributed by atoms with E-state index in [2.05, 4.69) is 5.32 Å². The fraction of sp³-hybridized carbons (Fsp3) is 0.385. The zero-order valence-corrected chi connectivity index (χ0v) is 10.1. The molecule has 0 aromatic heterocycles. The molecule has 0 saturated carbocycles. The lowest BCUT2D eigenvalue weighted by atomic mass is 10.0. The van der Waals surface area contributed by atoms with Crippen LogP contribution in [0.3, 0.4) is 0 Å². The van der Waals surface area contributed by atoms with E-state index in [1.54, 1.807) is 19.1 Å². The normalized spacial score (nSPS) is 11.9. The van der Waals surface area contributed by atoms with E-state index in [1.165, 1.54) is 12.1 Å². The van der Waals surface area contributed by atoms with E-state index in [1.807, 2.05) is 0 Å². The quantitative estimate of drug-likeness (QED) is 0.761. The summed E-state index contributed by atoms with van der Waals surface area (Å²) in [6.07, 6.45) is 0.408. The summed E-state index contributed by atoms with van der Waals surface area (Å²) in [6, 6.07) is 5.88. The summed E-state index contributed by atoms with van der Waals surface area (Å²) in [5.74, 6) is -1.95. The SMILES string of the molecule is C[C@@H](C(=O)NCCCC(=O)O)c1cccc(F)c1. The topological polar surface area (TPSA) is 66.4 Å². The predicted octanol–water partition coefficient (Wildman–Crippen LogP) is 1.91. The largest absolute Gasteiger partial charge is 0.481 e. The van der Waals surface area contributed by atoms with Gasteiger partial charge in [0, 0.05) is 13.0 Å². The number of carbonyl (C=O) groups is 2. The predicted molar refractivity (Wildman–Crippen MR) is 64.7 cm³/mol. The van der Waals surface area contributed by atoms with Crippen LogP contribution in [0.15, 0.2) is 24.3 Å². The molecule has 1 aromatic carbocycles. The molecule has 5 heteroatoms. The molecule has 0 heterocycles. The van der Waals surface area contributed by atoms with Crippen LogP contribution in [0.25, 0.3) is 0 Å². The molecule has 4 nitrogen and oxygen atoms in total. The highest BCUT2D eigenvalue weighted by atomic mass is 19.1. The van der Waals surface area contributed by atoms with Crippen molar-refractivity contribution in [3.05, 3.63) is 35.6 Å². The van der Waals surface area contributed by atoms with Gasteiger partial charge in [-0.1, -0.05) is 12.1 Å². The molecule has 0 aliphatic carbocycles. The summed E-state index contributed by atoms with van der Waals surface area (Å²) in [5, 5.41) is 11.1. The molecular formula is C13H16FNO3. The molecule has 1 aromatic rings. The highest BCUT2D eigenvalue weighted by Crippen LogP contribution is 2.16. The Balaban J connectivity index is 2.44. The summed E-state index contributed by atoms with van der Waals surface area (Å²) in [6.45, 7) is 1.99. The lowest BCUT2D eigenvalue weighted by Gasteiger charge is -2.12. The number of carbonyl (C=O) groups excluding carboxylic acids is 1. The molecule has 0 fully saturated rings. The van der Waals surface area contributed by atoms with Crippen molar-refractivity contribution < 1.29 is 19.1 Å². The van der Waals surface area contributed by atoms with Gasteiger partial charge in [-0.15, -0.1) is 0 Å². The zero-order chi connectivity index (χ0) is 13.5. The molecule has 0 saturated heterocycles. The molecule has 1 atom stereocenters. The Morgan fingerprint density at radius 2 is 2.17 bits per heavy atom. The van der Waals surface area contributed by atoms with Crippen LogP contribution in [-0.4, -0.2) is 23.5 Å². The number of carboxylic acid groups (broad SMARTS) is 1. The molecule has 0 spiro atoms. The van der Waals surface area contributed by atoms with Crippen molar-refractivity contribution in [3.63, 3.8) is 0 Å². The van der Waals surface area contributed by atoms with E-state index >= 15 is 0 Å². The molecule has 1 amide bonds. The van der Waals surface area contributed by atoms with Crippen molar-refractivity contribution in [2.75, 3.05) is 6.54 Å². The smallest absolute Gasteiger partial charge is 0.303 e. The fourth-order valence-electron chi connectivity index (χ4n) is 1.53. The van der Waals surface area contributed by atoms with E-state index in [9.17, 15) is 14.0 Å². The number of carboxylic acids is 1. The van der Waals surface area contributed by atoms with Crippen molar-refractivity contribution in [1.82, 2.24) is 5.32 Å². The highest BCUT2D eigenvalue weighted by Gasteiger charge is 2.15. The Bertz CT molecular complexity index is 434. The third-order valence-electron chi connectivity index (χ3n) is 2.61. The zero-order valence-electron chi connectivity index (χ0n) is 10.1. The lowest BCUT2D eigenvalue weighted by molar-refractivity contribution is -0.137. The van der Waals surface area contributed by atoms with Crippen molar-refractivity contribution in [2.45, 2.75) is 25.7 Å². The van der Waals surface area contributed by atoms with Crippen molar-refractivity contribution >= 4 is 11.9 Å². The lowest BCUT2D eigenvalue weighted by Crippen LogP contribution is -2.29. The fourth-order valence-corrected chi connectivity index (χ4v) is 1.53. The van der Waals surface area contributed by atoms with Crippen LogP contribution in [0, 0.1) is 5.82 Å². The summed E-state index contributed by atoms with van der Waals surface area (Å²) >= 11 is 0. The van der Waals surface area contributed by atoms with Gasteiger partial charge in [-0.3, -0.25) is 9.59 Å². The van der Waals surface area contributed by atoms with E-state index in [0.717, 1.165) is 0 Å². The van der Waals surface area contributed by atoms with Crippen LogP contribution in [0.1, 0.15) is 31.2 Å². The Hall–Kier alpha value is -1.91. The van der Waals surface area contributed by atoms with Crippen LogP contribution >= 0.6 is 0 Å². The first kappa shape index (κ1) is 14.2. The third kappa shape index (κ3) is 4.53. The molecule has 0 bridgehead atoms. The van der Waals surface area contributed by atoms with E-state index in [0.29, 0.717) is 18.5 Å². The Morgan fingerprint density at radius 1 is 1.44 bits per heavy atom. The second-order valence-electron chi connectivity index (χ2n) is 4.07. The van der Waals surface area contributed by atoms with Crippen molar-refractivity contribution in [3.8, 4) is 0 Å².